The third kappa shape index (κ3) is 1.59. The Balaban J connectivity index is 3.41. The quantitative estimate of drug-likeness (QED) is 0.506. The van der Waals surface area contributed by atoms with E-state index in [2.05, 4.69) is 4.85 Å². The van der Waals surface area contributed by atoms with E-state index in [0.717, 1.165) is 0 Å². The average Bonchev–Trinajstić information content (AvgIpc) is 2.03. The number of aryl methyl sites for hydroxylation is 1. The number of aromatic carboxylic acids is 1. The third-order valence-electron chi connectivity index (χ3n) is 1.72. The van der Waals surface area contributed by atoms with Crippen LogP contribution in [0.2, 0.25) is 0 Å². The van der Waals surface area contributed by atoms with Crippen molar-refractivity contribution in [2.45, 2.75) is 6.92 Å². The summed E-state index contributed by atoms with van der Waals surface area (Å²) in [5.41, 5.74) is 6.65. The molecule has 0 amide bonds. The summed E-state index contributed by atoms with van der Waals surface area (Å²) < 4.78 is 0. The molecular formula is C9H8N2O2. The van der Waals surface area contributed by atoms with Gasteiger partial charge in [0.2, 0.25) is 0 Å². The second kappa shape index (κ2) is 3.15. The molecule has 4 heteroatoms. The van der Waals surface area contributed by atoms with E-state index in [1.54, 1.807) is 6.92 Å². The third-order valence-corrected chi connectivity index (χ3v) is 1.72. The molecule has 1 rings (SSSR count). The molecule has 0 atom stereocenters. The van der Waals surface area contributed by atoms with Gasteiger partial charge in [0, 0.05) is 5.69 Å². The molecule has 0 aliphatic carbocycles. The van der Waals surface area contributed by atoms with Crippen molar-refractivity contribution >= 4 is 17.3 Å². The normalized spacial score (nSPS) is 9.23. The number of nitrogens with two attached hydrogens (primary N) is 1. The molecular weight excluding hydrogens is 168 g/mol. The first-order chi connectivity index (χ1) is 6.06. The van der Waals surface area contributed by atoms with Gasteiger partial charge in [0.25, 0.3) is 0 Å². The molecule has 0 radical (unpaired) electrons. The number of nitrogens with zero attached hydrogens (tertiary/aromatic N) is 1. The van der Waals surface area contributed by atoms with Gasteiger partial charge in [0.05, 0.1) is 12.1 Å². The molecule has 0 aliphatic rings. The van der Waals surface area contributed by atoms with Crippen LogP contribution < -0.4 is 5.73 Å². The lowest BCUT2D eigenvalue weighted by molar-refractivity contribution is 0.0698. The minimum atomic E-state index is -1.11. The number of rotatable bonds is 1. The van der Waals surface area contributed by atoms with Crippen LogP contribution in [0.15, 0.2) is 12.1 Å². The molecule has 1 aromatic rings. The van der Waals surface area contributed by atoms with E-state index in [4.69, 9.17) is 17.4 Å². The van der Waals surface area contributed by atoms with Gasteiger partial charge in [-0.05, 0) is 24.6 Å². The van der Waals surface area contributed by atoms with Gasteiger partial charge in [-0.3, -0.25) is 0 Å². The van der Waals surface area contributed by atoms with Crippen LogP contribution in [-0.4, -0.2) is 11.1 Å². The van der Waals surface area contributed by atoms with Gasteiger partial charge in [0.15, 0.2) is 5.69 Å². The Morgan fingerprint density at radius 3 is 2.69 bits per heavy atom. The van der Waals surface area contributed by atoms with Crippen molar-refractivity contribution < 1.29 is 9.90 Å². The summed E-state index contributed by atoms with van der Waals surface area (Å²) >= 11 is 0. The van der Waals surface area contributed by atoms with Crippen LogP contribution in [0.1, 0.15) is 15.9 Å². The summed E-state index contributed by atoms with van der Waals surface area (Å²) in [6.07, 6.45) is 0. The summed E-state index contributed by atoms with van der Waals surface area (Å²) in [5, 5.41) is 8.69. The molecule has 0 saturated heterocycles. The highest BCUT2D eigenvalue weighted by Crippen LogP contribution is 2.24. The molecule has 0 aliphatic heterocycles. The van der Waals surface area contributed by atoms with E-state index in [1.807, 2.05) is 0 Å². The first kappa shape index (κ1) is 9.07. The van der Waals surface area contributed by atoms with Gasteiger partial charge in [-0.1, -0.05) is 0 Å². The number of carbonyl (C=O) groups is 1. The van der Waals surface area contributed by atoms with E-state index in [0.29, 0.717) is 11.3 Å². The zero-order chi connectivity index (χ0) is 10.0. The molecule has 66 valence electrons. The molecule has 0 fully saturated rings. The van der Waals surface area contributed by atoms with E-state index >= 15 is 0 Å². The van der Waals surface area contributed by atoms with Crippen molar-refractivity contribution in [3.05, 3.63) is 34.7 Å². The van der Waals surface area contributed by atoms with Crippen LogP contribution in [0, 0.1) is 13.5 Å². The van der Waals surface area contributed by atoms with Gasteiger partial charge in [-0.25, -0.2) is 9.64 Å². The molecule has 3 N–H and O–H groups in total. The smallest absolute Gasteiger partial charge is 0.336 e. The Kier molecular flexibility index (Phi) is 2.20. The fraction of sp³-hybridized carbons (Fsp3) is 0.111. The maximum atomic E-state index is 10.6. The number of hydrogen-bond acceptors (Lipinski definition) is 2. The van der Waals surface area contributed by atoms with Crippen molar-refractivity contribution in [3.8, 4) is 0 Å². The number of nitrogen functional groups attached to an aromatic ring is 1. The van der Waals surface area contributed by atoms with E-state index in [-0.39, 0.29) is 11.3 Å². The fourth-order valence-corrected chi connectivity index (χ4v) is 1.02. The Hall–Kier alpha value is -2.02. The lowest BCUT2D eigenvalue weighted by atomic mass is 10.1. The lowest BCUT2D eigenvalue weighted by Gasteiger charge is -2.03. The molecule has 0 aromatic heterocycles. The summed E-state index contributed by atoms with van der Waals surface area (Å²) in [5.74, 6) is -1.11. The van der Waals surface area contributed by atoms with Crippen LogP contribution in [0.4, 0.5) is 11.4 Å². The first-order valence-corrected chi connectivity index (χ1v) is 3.57. The molecule has 0 saturated carbocycles. The Morgan fingerprint density at radius 1 is 1.62 bits per heavy atom. The predicted octanol–water partition coefficient (Wildman–Crippen LogP) is 1.83. The van der Waals surface area contributed by atoms with Crippen molar-refractivity contribution in [3.63, 3.8) is 0 Å². The van der Waals surface area contributed by atoms with Crippen LogP contribution in [-0.2, 0) is 0 Å². The summed E-state index contributed by atoms with van der Waals surface area (Å²) in [7, 11) is 0. The molecule has 0 spiro atoms. The van der Waals surface area contributed by atoms with Crippen molar-refractivity contribution in [2.24, 2.45) is 0 Å². The molecule has 1 aromatic carbocycles. The SMILES string of the molecule is [C-]#[N+]c1cc(C(=O)O)c(N)cc1C. The highest BCUT2D eigenvalue weighted by molar-refractivity contribution is 5.95. The maximum absolute atomic E-state index is 10.6. The van der Waals surface area contributed by atoms with Gasteiger partial charge < -0.3 is 10.8 Å². The van der Waals surface area contributed by atoms with Crippen molar-refractivity contribution in [1.82, 2.24) is 0 Å². The standard InChI is InChI=1S/C9H8N2O2/c1-5-3-7(10)6(9(12)13)4-8(5)11-2/h3-4H,10H2,1H3,(H,12,13). The largest absolute Gasteiger partial charge is 0.478 e. The fourth-order valence-electron chi connectivity index (χ4n) is 1.02. The van der Waals surface area contributed by atoms with Gasteiger partial charge in [-0.2, -0.15) is 0 Å². The molecule has 0 heterocycles. The number of carboxylic acid groups (broad SMARTS) is 1. The Bertz CT molecular complexity index is 405. The molecule has 4 nitrogen and oxygen atoms in total. The van der Waals surface area contributed by atoms with Crippen LogP contribution in [0.3, 0.4) is 0 Å². The van der Waals surface area contributed by atoms with Gasteiger partial charge >= 0.3 is 5.97 Å². The van der Waals surface area contributed by atoms with E-state index in [1.165, 1.54) is 12.1 Å². The maximum Gasteiger partial charge on any atom is 0.336 e. The first-order valence-electron chi connectivity index (χ1n) is 3.57. The monoisotopic (exact) mass is 176 g/mol. The van der Waals surface area contributed by atoms with Crippen LogP contribution >= 0.6 is 0 Å². The van der Waals surface area contributed by atoms with Crippen molar-refractivity contribution in [2.75, 3.05) is 5.73 Å². The second-order valence-electron chi connectivity index (χ2n) is 2.64. The number of carboxylic acids is 1. The summed E-state index contributed by atoms with van der Waals surface area (Å²) in [6.45, 7) is 8.50. The highest BCUT2D eigenvalue weighted by atomic mass is 16.4. The highest BCUT2D eigenvalue weighted by Gasteiger charge is 2.10. The minimum absolute atomic E-state index is 0.0170. The average molecular weight is 176 g/mol. The zero-order valence-corrected chi connectivity index (χ0v) is 7.03. The minimum Gasteiger partial charge on any atom is -0.478 e. The van der Waals surface area contributed by atoms with E-state index < -0.39 is 5.97 Å². The van der Waals surface area contributed by atoms with Gasteiger partial charge in [0.1, 0.15) is 0 Å². The zero-order valence-electron chi connectivity index (χ0n) is 7.03. The van der Waals surface area contributed by atoms with E-state index in [9.17, 15) is 4.79 Å². The summed E-state index contributed by atoms with van der Waals surface area (Å²) in [4.78, 5) is 13.8. The van der Waals surface area contributed by atoms with Crippen LogP contribution in [0.25, 0.3) is 4.85 Å². The second-order valence-corrected chi connectivity index (χ2v) is 2.64. The molecule has 0 bridgehead atoms. The topological polar surface area (TPSA) is 67.7 Å². The summed E-state index contributed by atoms with van der Waals surface area (Å²) in [6, 6.07) is 2.79. The molecule has 0 unspecified atom stereocenters. The van der Waals surface area contributed by atoms with Crippen molar-refractivity contribution in [1.29, 1.82) is 0 Å². The Labute approximate surface area is 75.4 Å². The lowest BCUT2D eigenvalue weighted by Crippen LogP contribution is -2.02. The molecule has 13 heavy (non-hydrogen) atoms. The number of hydrogen-bond donors (Lipinski definition) is 2. The number of benzene rings is 1. The number of anilines is 1. The van der Waals surface area contributed by atoms with Crippen LogP contribution in [0.5, 0.6) is 0 Å². The Morgan fingerprint density at radius 2 is 2.23 bits per heavy atom. The van der Waals surface area contributed by atoms with Gasteiger partial charge in [-0.15, -0.1) is 0 Å². The predicted molar refractivity (Wildman–Crippen MR) is 48.8 cm³/mol.